The van der Waals surface area contributed by atoms with Crippen molar-refractivity contribution in [2.24, 2.45) is 0 Å². The van der Waals surface area contributed by atoms with E-state index in [4.69, 9.17) is 9.84 Å². The van der Waals surface area contributed by atoms with Crippen molar-refractivity contribution < 1.29 is 23.1 Å². The summed E-state index contributed by atoms with van der Waals surface area (Å²) in [5.41, 5.74) is 2.75. The van der Waals surface area contributed by atoms with Gasteiger partial charge in [-0.2, -0.15) is 8.42 Å². The lowest BCUT2D eigenvalue weighted by molar-refractivity contribution is -0.137. The van der Waals surface area contributed by atoms with Gasteiger partial charge in [-0.25, -0.2) is 0 Å². The highest BCUT2D eigenvalue weighted by atomic mass is 32.2. The Morgan fingerprint density at radius 1 is 1.12 bits per heavy atom. The summed E-state index contributed by atoms with van der Waals surface area (Å²) in [6.07, 6.45) is 5.89. The Kier molecular flexibility index (Phi) is 10.9. The first-order valence-electron chi connectivity index (χ1n) is 8.63. The van der Waals surface area contributed by atoms with E-state index in [1.165, 1.54) is 0 Å². The summed E-state index contributed by atoms with van der Waals surface area (Å²) in [7, 11) is -2.36. The zero-order valence-electron chi connectivity index (χ0n) is 15.2. The highest BCUT2D eigenvalue weighted by Crippen LogP contribution is 2.32. The number of aryl methyl sites for hydroxylation is 1. The monoisotopic (exact) mass is 384 g/mol. The van der Waals surface area contributed by atoms with E-state index in [0.29, 0.717) is 5.75 Å². The average molecular weight is 385 g/mol. The fraction of sp³-hybridized carbons (Fsp3) is 0.600. The third-order valence-corrected chi connectivity index (χ3v) is 4.22. The van der Waals surface area contributed by atoms with Crippen molar-refractivity contribution in [3.05, 3.63) is 29.3 Å². The highest BCUT2D eigenvalue weighted by Gasteiger charge is 2.19. The molecule has 148 valence electrons. The van der Waals surface area contributed by atoms with Gasteiger partial charge in [0, 0.05) is 12.0 Å². The number of unbranched alkanes of at least 4 members (excludes halogenated alkanes) is 4. The fourth-order valence-corrected chi connectivity index (χ4v) is 2.85. The number of carboxylic acid groups (broad SMARTS) is 1. The second-order valence-electron chi connectivity index (χ2n) is 7.22. The molecule has 0 saturated heterocycles. The van der Waals surface area contributed by atoms with Gasteiger partial charge in [0.2, 0.25) is 15.8 Å². The van der Waals surface area contributed by atoms with Crippen LogP contribution in [-0.2, 0) is 26.9 Å². The van der Waals surface area contributed by atoms with Gasteiger partial charge < -0.3 is 9.84 Å². The van der Waals surface area contributed by atoms with Crippen LogP contribution in [0.2, 0.25) is 0 Å². The molecule has 0 bridgehead atoms. The molecule has 1 rings (SSSR count). The molecule has 1 N–H and O–H groups in total. The highest BCUT2D eigenvalue weighted by molar-refractivity contribution is 7.71. The molecule has 1 aromatic rings. The van der Waals surface area contributed by atoms with Gasteiger partial charge in [-0.3, -0.25) is 4.79 Å². The van der Waals surface area contributed by atoms with Crippen LogP contribution in [0, 0.1) is 0 Å². The second kappa shape index (κ2) is 11.7. The lowest BCUT2D eigenvalue weighted by atomic mass is 9.85. The third-order valence-electron chi connectivity index (χ3n) is 3.96. The second-order valence-corrected chi connectivity index (χ2v) is 7.93. The van der Waals surface area contributed by atoms with Crippen LogP contribution in [0.5, 0.6) is 5.75 Å². The van der Waals surface area contributed by atoms with Crippen molar-refractivity contribution in [3.8, 4) is 5.75 Å². The van der Waals surface area contributed by atoms with E-state index in [2.05, 4.69) is 26.8 Å². The number of hydrogen-bond donors (Lipinski definition) is 1. The molecule has 6 heteroatoms. The maximum Gasteiger partial charge on any atom is 0.303 e. The fourth-order valence-electron chi connectivity index (χ4n) is 2.67. The number of ether oxygens (including phenoxy) is 1. The number of hydrogen-bond acceptors (Lipinski definition) is 4. The number of rotatable bonds is 10. The van der Waals surface area contributed by atoms with Crippen molar-refractivity contribution in [2.75, 3.05) is 0 Å². The summed E-state index contributed by atoms with van der Waals surface area (Å²) in [5, 5.41) is 8.60. The van der Waals surface area contributed by atoms with Gasteiger partial charge in [-0.05, 0) is 36.3 Å². The minimum Gasteiger partial charge on any atom is -0.481 e. The zero-order valence-corrected chi connectivity index (χ0v) is 16.1. The molecule has 26 heavy (non-hydrogen) atoms. The Labute approximate surface area is 158 Å². The SMILES string of the molecule is C.CC(C)(C)c1ccc(CCCCCCCC(=O)O)cc1OC=S(=O)=O. The van der Waals surface area contributed by atoms with Crippen LogP contribution in [-0.4, -0.2) is 25.0 Å². The molecule has 0 aromatic heterocycles. The van der Waals surface area contributed by atoms with Gasteiger partial charge in [-0.15, -0.1) is 0 Å². The first-order valence-corrected chi connectivity index (χ1v) is 9.77. The average Bonchev–Trinajstić information content (AvgIpc) is 2.50. The quantitative estimate of drug-likeness (QED) is 0.471. The zero-order chi connectivity index (χ0) is 18.9. The smallest absolute Gasteiger partial charge is 0.303 e. The first kappa shape index (κ1) is 24.2. The summed E-state index contributed by atoms with van der Waals surface area (Å²) in [5.74, 6) is -0.155. The number of carboxylic acids is 1. The predicted molar refractivity (Wildman–Crippen MR) is 107 cm³/mol. The largest absolute Gasteiger partial charge is 0.481 e. The van der Waals surface area contributed by atoms with Crippen molar-refractivity contribution in [2.45, 2.75) is 78.6 Å². The van der Waals surface area contributed by atoms with E-state index in [9.17, 15) is 13.2 Å². The Morgan fingerprint density at radius 2 is 1.73 bits per heavy atom. The molecule has 0 amide bonds. The van der Waals surface area contributed by atoms with Crippen LogP contribution in [0.4, 0.5) is 0 Å². The lowest BCUT2D eigenvalue weighted by Gasteiger charge is -2.22. The van der Waals surface area contributed by atoms with Crippen molar-refractivity contribution >= 4 is 21.8 Å². The van der Waals surface area contributed by atoms with Crippen molar-refractivity contribution in [1.82, 2.24) is 0 Å². The molecule has 0 radical (unpaired) electrons. The van der Waals surface area contributed by atoms with Crippen LogP contribution in [0.1, 0.15) is 77.8 Å². The van der Waals surface area contributed by atoms with Gasteiger partial charge in [0.1, 0.15) is 5.75 Å². The number of carbonyl (C=O) groups is 1. The van der Waals surface area contributed by atoms with Gasteiger partial charge in [0.15, 0.2) is 0 Å². The molecule has 0 aliphatic carbocycles. The van der Waals surface area contributed by atoms with E-state index in [1.54, 1.807) is 0 Å². The van der Waals surface area contributed by atoms with Crippen molar-refractivity contribution in [1.29, 1.82) is 0 Å². The minimum absolute atomic E-state index is 0. The van der Waals surface area contributed by atoms with Gasteiger partial charge in [0.05, 0.1) is 0 Å². The van der Waals surface area contributed by atoms with E-state index in [1.807, 2.05) is 12.1 Å². The van der Waals surface area contributed by atoms with E-state index in [0.717, 1.165) is 55.2 Å². The summed E-state index contributed by atoms with van der Waals surface area (Å²) in [6.45, 7) is 6.17. The third kappa shape index (κ3) is 9.61. The maximum absolute atomic E-state index is 10.7. The summed E-state index contributed by atoms with van der Waals surface area (Å²) in [4.78, 5) is 10.4. The van der Waals surface area contributed by atoms with Gasteiger partial charge >= 0.3 is 5.97 Å². The molecule has 0 aliphatic heterocycles. The summed E-state index contributed by atoms with van der Waals surface area (Å²) >= 11 is 0. The topological polar surface area (TPSA) is 80.7 Å². The Morgan fingerprint density at radius 3 is 2.31 bits per heavy atom. The van der Waals surface area contributed by atoms with Crippen LogP contribution in [0.25, 0.3) is 0 Å². The maximum atomic E-state index is 10.7. The molecule has 0 heterocycles. The van der Waals surface area contributed by atoms with Gasteiger partial charge in [-0.1, -0.05) is 59.6 Å². The van der Waals surface area contributed by atoms with E-state index < -0.39 is 16.3 Å². The molecule has 0 fully saturated rings. The Bertz CT molecular complexity index is 691. The molecule has 5 nitrogen and oxygen atoms in total. The molecular formula is C20H32O5S. The Hall–Kier alpha value is -1.82. The molecule has 1 aromatic carbocycles. The number of aliphatic carboxylic acids is 1. The summed E-state index contributed by atoms with van der Waals surface area (Å²) < 4.78 is 26.8. The predicted octanol–water partition coefficient (Wildman–Crippen LogP) is 4.61. The van der Waals surface area contributed by atoms with E-state index in [-0.39, 0.29) is 19.3 Å². The van der Waals surface area contributed by atoms with Crippen LogP contribution >= 0.6 is 0 Å². The number of benzene rings is 1. The van der Waals surface area contributed by atoms with Crippen molar-refractivity contribution in [3.63, 3.8) is 0 Å². The molecule has 0 spiro atoms. The van der Waals surface area contributed by atoms with Crippen LogP contribution < -0.4 is 4.74 Å². The molecule has 0 saturated carbocycles. The normalized spacial score (nSPS) is 10.7. The van der Waals surface area contributed by atoms with E-state index >= 15 is 0 Å². The molecule has 0 unspecified atom stereocenters. The van der Waals surface area contributed by atoms with Gasteiger partial charge in [0.25, 0.3) is 0 Å². The summed E-state index contributed by atoms with van der Waals surface area (Å²) in [6, 6.07) is 5.97. The lowest BCUT2D eigenvalue weighted by Crippen LogP contribution is -2.13. The van der Waals surface area contributed by atoms with Crippen LogP contribution in [0.15, 0.2) is 18.2 Å². The molecule has 0 atom stereocenters. The molecular weight excluding hydrogens is 352 g/mol. The first-order chi connectivity index (χ1) is 11.7. The van der Waals surface area contributed by atoms with Crippen LogP contribution in [0.3, 0.4) is 0 Å². The Balaban J connectivity index is 0.00000625. The standard InChI is InChI=1S/C19H28O5S.CH4/c1-19(2,3)16-12-11-15(13-17(16)24-14-25(22)23)9-7-5-4-6-8-10-18(20)21;/h11-14H,4-10H2,1-3H3,(H,20,21);1H4. The minimum atomic E-state index is -2.36. The molecule has 0 aliphatic rings.